The molecule has 0 amide bonds. The Morgan fingerprint density at radius 1 is 1.47 bits per heavy atom. The summed E-state index contributed by atoms with van der Waals surface area (Å²) in [7, 11) is 0. The molecule has 1 saturated carbocycles. The van der Waals surface area contributed by atoms with E-state index in [0.717, 1.165) is 5.92 Å². The summed E-state index contributed by atoms with van der Waals surface area (Å²) in [5, 5.41) is 3.58. The summed E-state index contributed by atoms with van der Waals surface area (Å²) < 4.78 is 0. The predicted molar refractivity (Wildman–Crippen MR) is 65.0 cm³/mol. The zero-order chi connectivity index (χ0) is 10.9. The van der Waals surface area contributed by atoms with Crippen molar-refractivity contribution in [3.05, 3.63) is 29.8 Å². The molecule has 0 saturated heterocycles. The van der Waals surface area contributed by atoms with Crippen LogP contribution >= 0.6 is 0 Å². The molecule has 2 rings (SSSR count). The Morgan fingerprint density at radius 3 is 2.73 bits per heavy atom. The fourth-order valence-corrected chi connectivity index (χ4v) is 2.09. The Kier molecular flexibility index (Phi) is 2.70. The van der Waals surface area contributed by atoms with E-state index in [-0.39, 0.29) is 5.54 Å². The van der Waals surface area contributed by atoms with E-state index < -0.39 is 0 Å². The van der Waals surface area contributed by atoms with E-state index >= 15 is 0 Å². The quantitative estimate of drug-likeness (QED) is 0.791. The fourth-order valence-electron chi connectivity index (χ4n) is 2.09. The van der Waals surface area contributed by atoms with E-state index in [1.54, 1.807) is 0 Å². The van der Waals surface area contributed by atoms with Gasteiger partial charge in [0.25, 0.3) is 0 Å². The lowest BCUT2D eigenvalue weighted by molar-refractivity contribution is 0.459. The normalized spacial score (nSPS) is 19.7. The first-order valence-electron chi connectivity index (χ1n) is 5.69. The second kappa shape index (κ2) is 3.86. The van der Waals surface area contributed by atoms with Crippen molar-refractivity contribution in [1.82, 2.24) is 0 Å². The molecule has 0 bridgehead atoms. The third-order valence-electron chi connectivity index (χ3n) is 3.35. The molecular weight excluding hydrogens is 184 g/mol. The molecule has 82 valence electrons. The largest absolute Gasteiger partial charge is 0.378 e. The molecule has 1 aromatic carbocycles. The smallest absolute Gasteiger partial charge is 0.0495 e. The number of hydrogen-bond acceptors (Lipinski definition) is 2. The zero-order valence-electron chi connectivity index (χ0n) is 9.59. The molecule has 1 aliphatic rings. The van der Waals surface area contributed by atoms with E-state index in [1.165, 1.54) is 24.1 Å². The van der Waals surface area contributed by atoms with Gasteiger partial charge in [-0.3, -0.25) is 0 Å². The highest BCUT2D eigenvalue weighted by atomic mass is 15.0. The molecular formula is C13H20N2. The lowest BCUT2D eigenvalue weighted by Gasteiger charge is -2.31. The standard InChI is InChI=1S/C13H20N2/c1-10-4-3-5-12(8-10)15-13(2,9-14)11-6-7-11/h3-5,8,11,15H,6-7,9,14H2,1-2H3. The molecule has 0 spiro atoms. The van der Waals surface area contributed by atoms with Crippen LogP contribution in [0.2, 0.25) is 0 Å². The zero-order valence-corrected chi connectivity index (χ0v) is 9.59. The van der Waals surface area contributed by atoms with Crippen LogP contribution in [0, 0.1) is 12.8 Å². The highest BCUT2D eigenvalue weighted by molar-refractivity contribution is 5.48. The Balaban J connectivity index is 2.12. The minimum Gasteiger partial charge on any atom is -0.378 e. The van der Waals surface area contributed by atoms with Crippen molar-refractivity contribution in [3.8, 4) is 0 Å². The van der Waals surface area contributed by atoms with Crippen molar-refractivity contribution in [2.24, 2.45) is 11.7 Å². The Bertz CT molecular complexity index is 344. The van der Waals surface area contributed by atoms with Crippen molar-refractivity contribution in [2.45, 2.75) is 32.2 Å². The third-order valence-corrected chi connectivity index (χ3v) is 3.35. The number of nitrogens with two attached hydrogens (primary N) is 1. The maximum atomic E-state index is 5.87. The molecule has 0 radical (unpaired) electrons. The topological polar surface area (TPSA) is 38.0 Å². The molecule has 1 unspecified atom stereocenters. The van der Waals surface area contributed by atoms with Crippen molar-refractivity contribution in [1.29, 1.82) is 0 Å². The fraction of sp³-hybridized carbons (Fsp3) is 0.538. The number of benzene rings is 1. The molecule has 1 aromatic rings. The summed E-state index contributed by atoms with van der Waals surface area (Å²) in [5.74, 6) is 0.753. The summed E-state index contributed by atoms with van der Waals surface area (Å²) in [6.45, 7) is 5.04. The highest BCUT2D eigenvalue weighted by Crippen LogP contribution is 2.40. The van der Waals surface area contributed by atoms with Gasteiger partial charge >= 0.3 is 0 Å². The molecule has 1 atom stereocenters. The number of hydrogen-bond donors (Lipinski definition) is 2. The van der Waals surface area contributed by atoms with Crippen LogP contribution in [0.3, 0.4) is 0 Å². The SMILES string of the molecule is Cc1cccc(NC(C)(CN)C2CC2)c1. The van der Waals surface area contributed by atoms with Crippen molar-refractivity contribution < 1.29 is 0 Å². The van der Waals surface area contributed by atoms with Gasteiger partial charge in [0, 0.05) is 17.8 Å². The number of nitrogens with one attached hydrogen (secondary N) is 1. The van der Waals surface area contributed by atoms with E-state index in [0.29, 0.717) is 6.54 Å². The first kappa shape index (κ1) is 10.5. The Labute approximate surface area is 91.9 Å². The van der Waals surface area contributed by atoms with E-state index in [4.69, 9.17) is 5.73 Å². The number of anilines is 1. The van der Waals surface area contributed by atoms with Crippen LogP contribution in [0.25, 0.3) is 0 Å². The van der Waals surface area contributed by atoms with E-state index in [1.807, 2.05) is 0 Å². The van der Waals surface area contributed by atoms with Crippen LogP contribution < -0.4 is 11.1 Å². The van der Waals surface area contributed by atoms with Gasteiger partial charge in [-0.15, -0.1) is 0 Å². The number of rotatable bonds is 4. The first-order valence-corrected chi connectivity index (χ1v) is 5.69. The van der Waals surface area contributed by atoms with Gasteiger partial charge in [0.15, 0.2) is 0 Å². The van der Waals surface area contributed by atoms with E-state index in [2.05, 4.69) is 43.4 Å². The van der Waals surface area contributed by atoms with Crippen molar-refractivity contribution in [2.75, 3.05) is 11.9 Å². The van der Waals surface area contributed by atoms with E-state index in [9.17, 15) is 0 Å². The molecule has 15 heavy (non-hydrogen) atoms. The van der Waals surface area contributed by atoms with Crippen LogP contribution in [-0.2, 0) is 0 Å². The molecule has 0 aromatic heterocycles. The van der Waals surface area contributed by atoms with Gasteiger partial charge in [-0.25, -0.2) is 0 Å². The third kappa shape index (κ3) is 2.32. The lowest BCUT2D eigenvalue weighted by atomic mass is 9.95. The summed E-state index contributed by atoms with van der Waals surface area (Å²) >= 11 is 0. The van der Waals surface area contributed by atoms with Crippen LogP contribution in [0.4, 0.5) is 5.69 Å². The average molecular weight is 204 g/mol. The van der Waals surface area contributed by atoms with Crippen molar-refractivity contribution >= 4 is 5.69 Å². The van der Waals surface area contributed by atoms with Crippen LogP contribution in [0.1, 0.15) is 25.3 Å². The molecule has 1 fully saturated rings. The van der Waals surface area contributed by atoms with Gasteiger partial charge in [-0.05, 0) is 50.3 Å². The summed E-state index contributed by atoms with van der Waals surface area (Å²) in [6, 6.07) is 8.49. The van der Waals surface area contributed by atoms with Gasteiger partial charge in [-0.1, -0.05) is 12.1 Å². The van der Waals surface area contributed by atoms with Gasteiger partial charge in [-0.2, -0.15) is 0 Å². The minimum absolute atomic E-state index is 0.0772. The van der Waals surface area contributed by atoms with Gasteiger partial charge < -0.3 is 11.1 Å². The van der Waals surface area contributed by atoms with Gasteiger partial charge in [0.1, 0.15) is 0 Å². The molecule has 2 heteroatoms. The predicted octanol–water partition coefficient (Wildman–Crippen LogP) is 2.53. The Morgan fingerprint density at radius 2 is 2.20 bits per heavy atom. The first-order chi connectivity index (χ1) is 7.14. The monoisotopic (exact) mass is 204 g/mol. The van der Waals surface area contributed by atoms with Crippen LogP contribution in [-0.4, -0.2) is 12.1 Å². The second-order valence-electron chi connectivity index (χ2n) is 4.89. The summed E-state index contributed by atoms with van der Waals surface area (Å²) in [6.07, 6.45) is 2.62. The molecule has 0 heterocycles. The lowest BCUT2D eigenvalue weighted by Crippen LogP contribution is -2.44. The van der Waals surface area contributed by atoms with Gasteiger partial charge in [0.05, 0.1) is 0 Å². The molecule has 1 aliphatic carbocycles. The second-order valence-corrected chi connectivity index (χ2v) is 4.89. The molecule has 3 N–H and O–H groups in total. The number of aryl methyl sites for hydroxylation is 1. The maximum absolute atomic E-state index is 5.87. The summed E-state index contributed by atoms with van der Waals surface area (Å²) in [4.78, 5) is 0. The van der Waals surface area contributed by atoms with Crippen LogP contribution in [0.15, 0.2) is 24.3 Å². The molecule has 2 nitrogen and oxygen atoms in total. The van der Waals surface area contributed by atoms with Gasteiger partial charge in [0.2, 0.25) is 0 Å². The summed E-state index contributed by atoms with van der Waals surface area (Å²) in [5.41, 5.74) is 8.43. The highest BCUT2D eigenvalue weighted by Gasteiger charge is 2.40. The van der Waals surface area contributed by atoms with Crippen LogP contribution in [0.5, 0.6) is 0 Å². The maximum Gasteiger partial charge on any atom is 0.0495 e. The van der Waals surface area contributed by atoms with Crippen molar-refractivity contribution in [3.63, 3.8) is 0 Å². The minimum atomic E-state index is 0.0772. The molecule has 0 aliphatic heterocycles. The Hall–Kier alpha value is -1.02. The average Bonchev–Trinajstić information content (AvgIpc) is 3.01.